The van der Waals surface area contributed by atoms with Crippen LogP contribution in [0.25, 0.3) is 0 Å². The van der Waals surface area contributed by atoms with E-state index in [1.165, 1.54) is 24.1 Å². The molecule has 1 fully saturated rings. The van der Waals surface area contributed by atoms with E-state index in [0.29, 0.717) is 0 Å². The van der Waals surface area contributed by atoms with E-state index in [-0.39, 0.29) is 0 Å². The molecule has 0 saturated carbocycles. The van der Waals surface area contributed by atoms with Crippen molar-refractivity contribution < 1.29 is 8.54 Å². The van der Waals surface area contributed by atoms with Gasteiger partial charge in [0.2, 0.25) is 0 Å². The second kappa shape index (κ2) is 5.69. The van der Waals surface area contributed by atoms with Crippen LogP contribution in [0.2, 0.25) is 6.04 Å². The lowest BCUT2D eigenvalue weighted by Crippen LogP contribution is -2.28. The van der Waals surface area contributed by atoms with Gasteiger partial charge in [-0.3, -0.25) is 0 Å². The molecule has 0 aromatic heterocycles. The average Bonchev–Trinajstić information content (AvgIpc) is 2.16. The van der Waals surface area contributed by atoms with Crippen LogP contribution in [0.15, 0.2) is 11.3 Å². The molecule has 12 heavy (non-hydrogen) atoms. The molecule has 1 aliphatic heterocycles. The molecular formula is C8H18O2Si2. The molecule has 0 aromatic carbocycles. The van der Waals surface area contributed by atoms with E-state index in [0.717, 1.165) is 6.61 Å². The van der Waals surface area contributed by atoms with Crippen LogP contribution in [0.1, 0.15) is 26.7 Å². The summed E-state index contributed by atoms with van der Waals surface area (Å²) in [6.07, 6.45) is 4.71. The highest BCUT2D eigenvalue weighted by Crippen LogP contribution is 2.11. The van der Waals surface area contributed by atoms with Crippen LogP contribution in [0.4, 0.5) is 0 Å². The zero-order valence-corrected chi connectivity index (χ0v) is 10.6. The molecule has 1 rings (SSSR count). The van der Waals surface area contributed by atoms with E-state index in [4.69, 9.17) is 8.54 Å². The summed E-state index contributed by atoms with van der Waals surface area (Å²) in [6.45, 7) is 5.18. The second-order valence-electron chi connectivity index (χ2n) is 3.24. The first-order valence-corrected chi connectivity index (χ1v) is 7.72. The van der Waals surface area contributed by atoms with Gasteiger partial charge in [0.05, 0.1) is 0 Å². The molecule has 1 heterocycles. The van der Waals surface area contributed by atoms with Gasteiger partial charge in [-0.15, -0.1) is 0 Å². The Morgan fingerprint density at radius 2 is 2.42 bits per heavy atom. The fourth-order valence-electron chi connectivity index (χ4n) is 1.15. The van der Waals surface area contributed by atoms with Crippen molar-refractivity contribution >= 4 is 19.0 Å². The maximum absolute atomic E-state index is 5.82. The lowest BCUT2D eigenvalue weighted by atomic mass is 10.4. The average molecular weight is 202 g/mol. The summed E-state index contributed by atoms with van der Waals surface area (Å²) in [6, 6.07) is 1.23. The van der Waals surface area contributed by atoms with Crippen molar-refractivity contribution in [2.45, 2.75) is 32.7 Å². The van der Waals surface area contributed by atoms with Gasteiger partial charge in [0.25, 0.3) is 0 Å². The highest BCUT2D eigenvalue weighted by molar-refractivity contribution is 6.56. The molecule has 1 saturated heterocycles. The van der Waals surface area contributed by atoms with E-state index in [9.17, 15) is 0 Å². The Bertz CT molecular complexity index is 153. The Kier molecular flexibility index (Phi) is 4.83. The number of rotatable bonds is 3. The minimum absolute atomic E-state index is 0.411. The quantitative estimate of drug-likeness (QED) is 0.637. The van der Waals surface area contributed by atoms with Crippen molar-refractivity contribution in [1.82, 2.24) is 0 Å². The Morgan fingerprint density at radius 3 is 3.00 bits per heavy atom. The van der Waals surface area contributed by atoms with Crippen LogP contribution >= 0.6 is 0 Å². The van der Waals surface area contributed by atoms with Gasteiger partial charge in [-0.25, -0.2) is 0 Å². The largest absolute Gasteiger partial charge is 0.439 e. The van der Waals surface area contributed by atoms with Crippen molar-refractivity contribution in [2.75, 3.05) is 6.61 Å². The zero-order chi connectivity index (χ0) is 8.81. The summed E-state index contributed by atoms with van der Waals surface area (Å²) in [5, 5.41) is 1.44. The third-order valence-electron chi connectivity index (χ3n) is 2.13. The topological polar surface area (TPSA) is 18.5 Å². The van der Waals surface area contributed by atoms with Gasteiger partial charge < -0.3 is 8.54 Å². The van der Waals surface area contributed by atoms with E-state index in [1.54, 1.807) is 0 Å². The van der Waals surface area contributed by atoms with Crippen LogP contribution in [-0.4, -0.2) is 25.7 Å². The fraction of sp³-hybridized carbons (Fsp3) is 0.750. The van der Waals surface area contributed by atoms with Crippen molar-refractivity contribution in [3.05, 3.63) is 11.3 Å². The van der Waals surface area contributed by atoms with E-state index in [2.05, 4.69) is 19.9 Å². The first kappa shape index (κ1) is 10.2. The molecule has 0 aromatic rings. The standard InChI is InChI=1S/C8H18O2Si2/c1-3-8(2)11-10-12-7-5-4-6-9-12/h3,12H,4-7,11H2,1-2H3. The molecule has 1 aliphatic rings. The Labute approximate surface area is 78.7 Å². The van der Waals surface area contributed by atoms with Crippen molar-refractivity contribution in [1.29, 1.82) is 0 Å². The zero-order valence-electron chi connectivity index (χ0n) is 8.01. The van der Waals surface area contributed by atoms with Gasteiger partial charge in [-0.05, 0) is 32.7 Å². The molecule has 1 unspecified atom stereocenters. The first-order valence-electron chi connectivity index (χ1n) is 4.68. The van der Waals surface area contributed by atoms with Crippen LogP contribution in [-0.2, 0) is 8.54 Å². The lowest BCUT2D eigenvalue weighted by Gasteiger charge is -2.21. The van der Waals surface area contributed by atoms with Gasteiger partial charge in [0.15, 0.2) is 9.76 Å². The summed E-state index contributed by atoms with van der Waals surface area (Å²) < 4.78 is 11.4. The van der Waals surface area contributed by atoms with Crippen molar-refractivity contribution in [3.8, 4) is 0 Å². The van der Waals surface area contributed by atoms with Gasteiger partial charge in [0, 0.05) is 6.61 Å². The summed E-state index contributed by atoms with van der Waals surface area (Å²) in [7, 11) is -1.59. The Morgan fingerprint density at radius 1 is 1.58 bits per heavy atom. The molecule has 1 atom stereocenters. The van der Waals surface area contributed by atoms with Crippen molar-refractivity contribution in [3.63, 3.8) is 0 Å². The molecule has 0 bridgehead atoms. The number of hydrogen-bond acceptors (Lipinski definition) is 2. The van der Waals surface area contributed by atoms with Crippen LogP contribution < -0.4 is 0 Å². The van der Waals surface area contributed by atoms with E-state index < -0.39 is 19.0 Å². The van der Waals surface area contributed by atoms with Crippen LogP contribution in [0.3, 0.4) is 0 Å². The summed E-state index contributed by atoms with van der Waals surface area (Å²) in [5.74, 6) is 0. The Balaban J connectivity index is 2.13. The Hall–Kier alpha value is 0.0938. The highest BCUT2D eigenvalue weighted by atomic mass is 28.4. The van der Waals surface area contributed by atoms with Gasteiger partial charge in [-0.2, -0.15) is 0 Å². The molecule has 70 valence electrons. The number of hydrogen-bond donors (Lipinski definition) is 0. The van der Waals surface area contributed by atoms with Crippen molar-refractivity contribution in [2.24, 2.45) is 0 Å². The lowest BCUT2D eigenvalue weighted by molar-refractivity contribution is 0.240. The molecule has 0 aliphatic carbocycles. The maximum atomic E-state index is 5.82. The third kappa shape index (κ3) is 3.66. The van der Waals surface area contributed by atoms with Gasteiger partial charge >= 0.3 is 9.28 Å². The van der Waals surface area contributed by atoms with Crippen LogP contribution in [0, 0.1) is 0 Å². The highest BCUT2D eigenvalue weighted by Gasteiger charge is 2.16. The monoisotopic (exact) mass is 202 g/mol. The second-order valence-corrected chi connectivity index (χ2v) is 7.75. The molecule has 4 heteroatoms. The fourth-order valence-corrected chi connectivity index (χ4v) is 5.38. The summed E-state index contributed by atoms with van der Waals surface area (Å²) in [5.41, 5.74) is 0. The van der Waals surface area contributed by atoms with E-state index in [1.807, 2.05) is 0 Å². The first-order chi connectivity index (χ1) is 5.83. The van der Waals surface area contributed by atoms with Crippen LogP contribution in [0.5, 0.6) is 0 Å². The smallest absolute Gasteiger partial charge is 0.310 e. The van der Waals surface area contributed by atoms with Gasteiger partial charge in [-0.1, -0.05) is 11.3 Å². The summed E-state index contributed by atoms with van der Waals surface area (Å²) in [4.78, 5) is 0. The molecule has 0 spiro atoms. The predicted molar refractivity (Wildman–Crippen MR) is 56.2 cm³/mol. The molecule has 0 radical (unpaired) electrons. The molecule has 0 amide bonds. The number of allylic oxidation sites excluding steroid dienone is 2. The molecular weight excluding hydrogens is 184 g/mol. The minimum atomic E-state index is -1.18. The predicted octanol–water partition coefficient (Wildman–Crippen LogP) is 1.04. The maximum Gasteiger partial charge on any atom is 0.310 e. The third-order valence-corrected chi connectivity index (χ3v) is 6.63. The SMILES string of the molecule is CC=C(C)[SiH2]O[SiH]1CCCCO1. The van der Waals surface area contributed by atoms with Gasteiger partial charge in [0.1, 0.15) is 0 Å². The normalized spacial score (nSPS) is 26.8. The molecule has 2 nitrogen and oxygen atoms in total. The minimum Gasteiger partial charge on any atom is -0.439 e. The molecule has 0 N–H and O–H groups in total. The van der Waals surface area contributed by atoms with E-state index >= 15 is 0 Å². The summed E-state index contributed by atoms with van der Waals surface area (Å²) >= 11 is 0.